The highest BCUT2D eigenvalue weighted by atomic mass is 35.5. The van der Waals surface area contributed by atoms with Crippen LogP contribution >= 0.6 is 35.0 Å². The van der Waals surface area contributed by atoms with Gasteiger partial charge in [-0.25, -0.2) is 0 Å². The third-order valence-corrected chi connectivity index (χ3v) is 5.37. The molecule has 25 heavy (non-hydrogen) atoms. The lowest BCUT2D eigenvalue weighted by atomic mass is 10.2. The van der Waals surface area contributed by atoms with Crippen molar-refractivity contribution in [3.05, 3.63) is 58.1 Å². The number of thioether (sulfide) groups is 1. The van der Waals surface area contributed by atoms with Crippen LogP contribution in [0.25, 0.3) is 11.4 Å². The summed E-state index contributed by atoms with van der Waals surface area (Å²) in [6.07, 6.45) is 0. The van der Waals surface area contributed by atoms with Crippen LogP contribution in [-0.2, 0) is 12.3 Å². The van der Waals surface area contributed by atoms with Crippen LogP contribution in [0.15, 0.2) is 47.6 Å². The van der Waals surface area contributed by atoms with Crippen molar-refractivity contribution in [1.29, 1.82) is 0 Å². The number of halogens is 2. The summed E-state index contributed by atoms with van der Waals surface area (Å²) in [5.41, 5.74) is 1.90. The Kier molecular flexibility index (Phi) is 5.89. The van der Waals surface area contributed by atoms with E-state index < -0.39 is 0 Å². The molecule has 0 spiro atoms. The van der Waals surface area contributed by atoms with Gasteiger partial charge in [0.25, 0.3) is 0 Å². The highest BCUT2D eigenvalue weighted by Crippen LogP contribution is 2.34. The molecule has 0 amide bonds. The molecule has 0 saturated heterocycles. The van der Waals surface area contributed by atoms with Gasteiger partial charge in [0.05, 0.1) is 12.7 Å². The van der Waals surface area contributed by atoms with Crippen LogP contribution in [0.3, 0.4) is 0 Å². The first-order valence-corrected chi connectivity index (χ1v) is 9.51. The molecule has 0 N–H and O–H groups in total. The van der Waals surface area contributed by atoms with E-state index >= 15 is 0 Å². The van der Waals surface area contributed by atoms with Crippen LogP contribution in [-0.4, -0.2) is 21.9 Å². The highest BCUT2D eigenvalue weighted by Gasteiger charge is 2.17. The third-order valence-electron chi connectivity index (χ3n) is 3.75. The van der Waals surface area contributed by atoms with Gasteiger partial charge >= 0.3 is 0 Å². The lowest BCUT2D eigenvalue weighted by Gasteiger charge is -2.11. The zero-order chi connectivity index (χ0) is 17.8. The minimum absolute atomic E-state index is 0.631. The number of methoxy groups -OCH3 is 1. The second-order valence-electron chi connectivity index (χ2n) is 5.28. The summed E-state index contributed by atoms with van der Waals surface area (Å²) in [5.74, 6) is 2.18. The molecule has 0 aliphatic rings. The lowest BCUT2D eigenvalue weighted by Crippen LogP contribution is -2.01. The monoisotopic (exact) mass is 393 g/mol. The van der Waals surface area contributed by atoms with Crippen molar-refractivity contribution in [2.75, 3.05) is 7.11 Å². The standard InChI is InChI=1S/C18H17Cl2N3OS/c1-3-23-17(14-10-13(19)8-9-16(14)24-2)21-22-18(23)25-11-12-6-4-5-7-15(12)20/h4-10H,3,11H2,1-2H3. The molecule has 0 aliphatic heterocycles. The summed E-state index contributed by atoms with van der Waals surface area (Å²) in [4.78, 5) is 0. The number of hydrogen-bond donors (Lipinski definition) is 0. The van der Waals surface area contributed by atoms with Crippen LogP contribution < -0.4 is 4.74 Å². The van der Waals surface area contributed by atoms with Crippen molar-refractivity contribution in [2.24, 2.45) is 0 Å². The maximum atomic E-state index is 6.23. The number of benzene rings is 2. The molecule has 1 aromatic heterocycles. The van der Waals surface area contributed by atoms with Gasteiger partial charge in [0.15, 0.2) is 11.0 Å². The van der Waals surface area contributed by atoms with E-state index in [1.807, 2.05) is 36.4 Å². The second kappa shape index (κ2) is 8.13. The largest absolute Gasteiger partial charge is 0.496 e. The fraction of sp³-hybridized carbons (Fsp3) is 0.222. The van der Waals surface area contributed by atoms with E-state index in [2.05, 4.69) is 21.7 Å². The summed E-state index contributed by atoms with van der Waals surface area (Å²) < 4.78 is 7.50. The van der Waals surface area contributed by atoms with E-state index in [0.717, 1.165) is 39.4 Å². The summed E-state index contributed by atoms with van der Waals surface area (Å²) in [5, 5.41) is 10.9. The Labute approximate surface area is 161 Å². The zero-order valence-corrected chi connectivity index (χ0v) is 16.2. The van der Waals surface area contributed by atoms with E-state index in [0.29, 0.717) is 10.8 Å². The second-order valence-corrected chi connectivity index (χ2v) is 7.06. The molecule has 1 heterocycles. The zero-order valence-electron chi connectivity index (χ0n) is 13.9. The van der Waals surface area contributed by atoms with Gasteiger partial charge in [-0.2, -0.15) is 0 Å². The molecule has 0 radical (unpaired) electrons. The van der Waals surface area contributed by atoms with Gasteiger partial charge in [-0.05, 0) is 36.8 Å². The van der Waals surface area contributed by atoms with Crippen LogP contribution in [0.5, 0.6) is 5.75 Å². The molecule has 2 aromatic carbocycles. The summed E-state index contributed by atoms with van der Waals surface area (Å²) in [6.45, 7) is 2.80. The number of aromatic nitrogens is 3. The third kappa shape index (κ3) is 3.94. The van der Waals surface area contributed by atoms with Crippen molar-refractivity contribution < 1.29 is 4.74 Å². The van der Waals surface area contributed by atoms with E-state index in [9.17, 15) is 0 Å². The highest BCUT2D eigenvalue weighted by molar-refractivity contribution is 7.98. The first kappa shape index (κ1) is 18.1. The van der Waals surface area contributed by atoms with Gasteiger partial charge in [0.1, 0.15) is 5.75 Å². The van der Waals surface area contributed by atoms with Gasteiger partial charge < -0.3 is 9.30 Å². The summed E-state index contributed by atoms with van der Waals surface area (Å²) in [6, 6.07) is 13.3. The predicted octanol–water partition coefficient (Wildman–Crippen LogP) is 5.57. The first-order chi connectivity index (χ1) is 12.1. The molecule has 0 atom stereocenters. The van der Waals surface area contributed by atoms with Gasteiger partial charge in [-0.3, -0.25) is 0 Å². The quantitative estimate of drug-likeness (QED) is 0.513. The topological polar surface area (TPSA) is 39.9 Å². The fourth-order valence-corrected chi connectivity index (χ4v) is 3.95. The molecule has 0 fully saturated rings. The minimum atomic E-state index is 0.631. The van der Waals surface area contributed by atoms with Crippen molar-refractivity contribution in [1.82, 2.24) is 14.8 Å². The molecule has 3 rings (SSSR count). The smallest absolute Gasteiger partial charge is 0.191 e. The first-order valence-electron chi connectivity index (χ1n) is 7.77. The van der Waals surface area contributed by atoms with Crippen molar-refractivity contribution in [3.8, 4) is 17.1 Å². The Morgan fingerprint density at radius 1 is 1.12 bits per heavy atom. The lowest BCUT2D eigenvalue weighted by molar-refractivity contribution is 0.416. The summed E-state index contributed by atoms with van der Waals surface area (Å²) in [7, 11) is 1.63. The molecule has 0 saturated carbocycles. The Balaban J connectivity index is 1.92. The number of nitrogens with zero attached hydrogens (tertiary/aromatic N) is 3. The minimum Gasteiger partial charge on any atom is -0.496 e. The molecule has 0 bridgehead atoms. The Bertz CT molecular complexity index is 883. The summed E-state index contributed by atoms with van der Waals surface area (Å²) >= 11 is 14.0. The van der Waals surface area contributed by atoms with E-state index in [1.54, 1.807) is 24.9 Å². The van der Waals surface area contributed by atoms with Crippen molar-refractivity contribution >= 4 is 35.0 Å². The molecule has 7 heteroatoms. The number of ether oxygens (including phenoxy) is 1. The van der Waals surface area contributed by atoms with E-state index in [4.69, 9.17) is 27.9 Å². The SMILES string of the molecule is CCn1c(SCc2ccccc2Cl)nnc1-c1cc(Cl)ccc1OC. The molecule has 130 valence electrons. The fourth-order valence-electron chi connectivity index (χ4n) is 2.49. The van der Waals surface area contributed by atoms with Crippen molar-refractivity contribution in [3.63, 3.8) is 0 Å². The van der Waals surface area contributed by atoms with Gasteiger partial charge in [-0.15, -0.1) is 10.2 Å². The normalized spacial score (nSPS) is 10.9. The Hall–Kier alpha value is -1.69. The Morgan fingerprint density at radius 2 is 1.92 bits per heavy atom. The van der Waals surface area contributed by atoms with Crippen LogP contribution in [0, 0.1) is 0 Å². The van der Waals surface area contributed by atoms with Gasteiger partial charge in [0.2, 0.25) is 0 Å². The van der Waals surface area contributed by atoms with Crippen LogP contribution in [0.2, 0.25) is 10.0 Å². The molecular weight excluding hydrogens is 377 g/mol. The molecular formula is C18H17Cl2N3OS. The molecule has 0 aliphatic carbocycles. The van der Waals surface area contributed by atoms with E-state index in [1.165, 1.54) is 0 Å². The van der Waals surface area contributed by atoms with Crippen molar-refractivity contribution in [2.45, 2.75) is 24.4 Å². The van der Waals surface area contributed by atoms with Gasteiger partial charge in [-0.1, -0.05) is 53.2 Å². The molecule has 0 unspecified atom stereocenters. The average Bonchev–Trinajstić information content (AvgIpc) is 3.03. The molecule has 4 nitrogen and oxygen atoms in total. The predicted molar refractivity (Wildman–Crippen MR) is 104 cm³/mol. The number of rotatable bonds is 6. The van der Waals surface area contributed by atoms with Gasteiger partial charge in [0, 0.05) is 22.3 Å². The van der Waals surface area contributed by atoms with Crippen LogP contribution in [0.1, 0.15) is 12.5 Å². The average molecular weight is 394 g/mol. The number of hydrogen-bond acceptors (Lipinski definition) is 4. The Morgan fingerprint density at radius 3 is 2.64 bits per heavy atom. The van der Waals surface area contributed by atoms with Crippen LogP contribution in [0.4, 0.5) is 0 Å². The maximum absolute atomic E-state index is 6.23. The van der Waals surface area contributed by atoms with E-state index in [-0.39, 0.29) is 0 Å². The maximum Gasteiger partial charge on any atom is 0.191 e. The molecule has 3 aromatic rings.